The van der Waals surface area contributed by atoms with Crippen LogP contribution in [0.3, 0.4) is 0 Å². The highest BCUT2D eigenvalue weighted by molar-refractivity contribution is 7.99. The minimum atomic E-state index is -4.60. The number of hydrogen-bond acceptors (Lipinski definition) is 7. The zero-order chi connectivity index (χ0) is 17.3. The van der Waals surface area contributed by atoms with Gasteiger partial charge in [-0.05, 0) is 47.5 Å². The Labute approximate surface area is 144 Å². The van der Waals surface area contributed by atoms with Gasteiger partial charge in [0, 0.05) is 4.90 Å². The average molecular weight is 388 g/mol. The largest absolute Gasteiger partial charge is 0.341 e. The van der Waals surface area contributed by atoms with Crippen LogP contribution in [0.1, 0.15) is 0 Å². The van der Waals surface area contributed by atoms with E-state index >= 15 is 0 Å². The number of sulfone groups is 1. The van der Waals surface area contributed by atoms with E-state index < -0.39 is 20.5 Å². The summed E-state index contributed by atoms with van der Waals surface area (Å²) in [6.07, 6.45) is 0. The van der Waals surface area contributed by atoms with Crippen LogP contribution >= 0.6 is 23.1 Å². The Morgan fingerprint density at radius 2 is 1.88 bits per heavy atom. The Morgan fingerprint density at radius 3 is 2.46 bits per heavy atom. The van der Waals surface area contributed by atoms with Crippen LogP contribution in [0.15, 0.2) is 56.7 Å². The van der Waals surface area contributed by atoms with Crippen LogP contribution < -0.4 is 5.84 Å². The SMILES string of the molecule is Nn1c(Sc2ccc(S(=O)(=O)C(F)F)cc2)nnc1-c1cccs1. The number of rotatable bonds is 5. The number of hydrogen-bond donors (Lipinski definition) is 1. The van der Waals surface area contributed by atoms with Crippen molar-refractivity contribution in [3.8, 4) is 10.7 Å². The molecule has 0 amide bonds. The smallest absolute Gasteiger partial charge is 0.335 e. The Balaban J connectivity index is 1.83. The maximum Gasteiger partial charge on any atom is 0.341 e. The molecule has 0 aliphatic rings. The van der Waals surface area contributed by atoms with E-state index in [9.17, 15) is 17.2 Å². The number of nitrogen functional groups attached to an aromatic ring is 1. The van der Waals surface area contributed by atoms with Crippen LogP contribution in [-0.2, 0) is 9.84 Å². The minimum absolute atomic E-state index is 0.392. The monoisotopic (exact) mass is 388 g/mol. The zero-order valence-electron chi connectivity index (χ0n) is 11.8. The summed E-state index contributed by atoms with van der Waals surface area (Å²) in [7, 11) is -4.60. The molecule has 3 aromatic rings. The number of halogens is 2. The Hall–Kier alpha value is -1.98. The maximum atomic E-state index is 12.5. The number of alkyl halides is 2. The third-order valence-corrected chi connectivity index (χ3v) is 6.24. The molecule has 11 heteroatoms. The van der Waals surface area contributed by atoms with Gasteiger partial charge in [0.15, 0.2) is 5.82 Å². The van der Waals surface area contributed by atoms with Gasteiger partial charge in [0.1, 0.15) is 0 Å². The van der Waals surface area contributed by atoms with E-state index in [1.807, 2.05) is 17.5 Å². The highest BCUT2D eigenvalue weighted by Crippen LogP contribution is 2.30. The first-order valence-corrected chi connectivity index (χ1v) is 9.68. The van der Waals surface area contributed by atoms with Crippen LogP contribution in [0.25, 0.3) is 10.7 Å². The Kier molecular flexibility index (Phi) is 4.56. The fourth-order valence-electron chi connectivity index (χ4n) is 1.83. The van der Waals surface area contributed by atoms with Crippen LogP contribution in [0.4, 0.5) is 8.78 Å². The Morgan fingerprint density at radius 1 is 1.17 bits per heavy atom. The second kappa shape index (κ2) is 6.49. The molecule has 6 nitrogen and oxygen atoms in total. The number of nitrogens with zero attached hydrogens (tertiary/aromatic N) is 3. The molecule has 2 aromatic heterocycles. The van der Waals surface area contributed by atoms with E-state index in [-0.39, 0.29) is 0 Å². The van der Waals surface area contributed by atoms with Gasteiger partial charge in [-0.1, -0.05) is 6.07 Å². The lowest BCUT2D eigenvalue weighted by molar-refractivity contribution is 0.234. The van der Waals surface area contributed by atoms with Gasteiger partial charge < -0.3 is 5.84 Å². The molecule has 2 heterocycles. The van der Waals surface area contributed by atoms with Crippen LogP contribution in [0, 0.1) is 0 Å². The lowest BCUT2D eigenvalue weighted by Crippen LogP contribution is -2.11. The first-order chi connectivity index (χ1) is 11.4. The van der Waals surface area contributed by atoms with Gasteiger partial charge >= 0.3 is 5.76 Å². The van der Waals surface area contributed by atoms with E-state index in [0.717, 1.165) is 28.8 Å². The number of nitrogens with two attached hydrogens (primary N) is 1. The molecule has 0 fully saturated rings. The third-order valence-electron chi connectivity index (χ3n) is 3.00. The summed E-state index contributed by atoms with van der Waals surface area (Å²) >= 11 is 2.61. The molecule has 0 unspecified atom stereocenters. The van der Waals surface area contributed by atoms with Crippen molar-refractivity contribution in [1.82, 2.24) is 14.9 Å². The molecular formula is C13H10F2N4O2S3. The topological polar surface area (TPSA) is 90.9 Å². The summed E-state index contributed by atoms with van der Waals surface area (Å²) < 4.78 is 49.1. The van der Waals surface area contributed by atoms with Gasteiger partial charge in [0.05, 0.1) is 9.77 Å². The second-order valence-corrected chi connectivity index (χ2v) is 8.44. The Bertz CT molecular complexity index is 938. The molecule has 1 aromatic carbocycles. The van der Waals surface area contributed by atoms with Crippen LogP contribution in [-0.4, -0.2) is 29.0 Å². The van der Waals surface area contributed by atoms with E-state index in [2.05, 4.69) is 10.2 Å². The zero-order valence-corrected chi connectivity index (χ0v) is 14.3. The molecule has 0 bridgehead atoms. The van der Waals surface area contributed by atoms with E-state index in [1.165, 1.54) is 28.1 Å². The fourth-order valence-corrected chi connectivity index (χ4v) is 4.00. The highest BCUT2D eigenvalue weighted by Gasteiger charge is 2.26. The van der Waals surface area contributed by atoms with Crippen LogP contribution in [0.2, 0.25) is 0 Å². The predicted molar refractivity (Wildman–Crippen MR) is 87.2 cm³/mol. The van der Waals surface area contributed by atoms with Gasteiger partial charge in [-0.2, -0.15) is 8.78 Å². The van der Waals surface area contributed by atoms with Crippen molar-refractivity contribution in [3.05, 3.63) is 41.8 Å². The van der Waals surface area contributed by atoms with Gasteiger partial charge in [-0.15, -0.1) is 21.5 Å². The predicted octanol–water partition coefficient (Wildman–Crippen LogP) is 2.87. The molecule has 0 spiro atoms. The van der Waals surface area contributed by atoms with E-state index in [0.29, 0.717) is 15.9 Å². The molecule has 126 valence electrons. The first-order valence-electron chi connectivity index (χ1n) is 6.44. The lowest BCUT2D eigenvalue weighted by atomic mass is 10.4. The standard InChI is InChI=1S/C13H10F2N4O2S3/c14-12(15)24(20,21)9-5-3-8(4-6-9)23-13-18-17-11(19(13)16)10-2-1-7-22-10/h1-7,12H,16H2. The first kappa shape index (κ1) is 16.9. The van der Waals surface area contributed by atoms with E-state index in [4.69, 9.17) is 5.84 Å². The van der Waals surface area contributed by atoms with Crippen molar-refractivity contribution in [2.45, 2.75) is 20.7 Å². The third kappa shape index (κ3) is 3.14. The normalized spacial score (nSPS) is 12.0. The molecule has 24 heavy (non-hydrogen) atoms. The van der Waals surface area contributed by atoms with Crippen LogP contribution in [0.5, 0.6) is 0 Å². The molecule has 2 N–H and O–H groups in total. The molecule has 0 radical (unpaired) electrons. The number of thiophene rings is 1. The molecule has 0 saturated heterocycles. The summed E-state index contributed by atoms with van der Waals surface area (Å²) in [5.41, 5.74) is 0. The molecule has 0 saturated carbocycles. The number of benzene rings is 1. The van der Waals surface area contributed by atoms with Crippen molar-refractivity contribution < 1.29 is 17.2 Å². The second-order valence-electron chi connectivity index (χ2n) is 4.53. The number of aromatic nitrogens is 3. The maximum absolute atomic E-state index is 12.5. The van der Waals surface area contributed by atoms with Gasteiger partial charge in [0.2, 0.25) is 15.0 Å². The van der Waals surface area contributed by atoms with Crippen molar-refractivity contribution in [2.75, 3.05) is 5.84 Å². The quantitative estimate of drug-likeness (QED) is 0.676. The highest BCUT2D eigenvalue weighted by atomic mass is 32.2. The summed E-state index contributed by atoms with van der Waals surface area (Å²) in [4.78, 5) is 1.02. The summed E-state index contributed by atoms with van der Waals surface area (Å²) in [5.74, 6) is 3.02. The molecule has 0 aliphatic carbocycles. The van der Waals surface area contributed by atoms with Crippen molar-refractivity contribution in [2.24, 2.45) is 0 Å². The molecule has 3 rings (SSSR count). The van der Waals surface area contributed by atoms with Crippen molar-refractivity contribution in [3.63, 3.8) is 0 Å². The lowest BCUT2D eigenvalue weighted by Gasteiger charge is -2.05. The fraction of sp³-hybridized carbons (Fsp3) is 0.0769. The molecular weight excluding hydrogens is 378 g/mol. The summed E-state index contributed by atoms with van der Waals surface area (Å²) in [6.45, 7) is 0. The van der Waals surface area contributed by atoms with Crippen molar-refractivity contribution in [1.29, 1.82) is 0 Å². The molecule has 0 atom stereocenters. The summed E-state index contributed by atoms with van der Waals surface area (Å²) in [5, 5.41) is 10.3. The summed E-state index contributed by atoms with van der Waals surface area (Å²) in [6, 6.07) is 8.81. The van der Waals surface area contributed by atoms with Gasteiger partial charge in [-0.3, -0.25) is 0 Å². The average Bonchev–Trinajstić information content (AvgIpc) is 3.18. The van der Waals surface area contributed by atoms with Crippen molar-refractivity contribution >= 4 is 32.9 Å². The van der Waals surface area contributed by atoms with E-state index in [1.54, 1.807) is 0 Å². The minimum Gasteiger partial charge on any atom is -0.335 e. The van der Waals surface area contributed by atoms with Gasteiger partial charge in [0.25, 0.3) is 0 Å². The molecule has 0 aliphatic heterocycles. The van der Waals surface area contributed by atoms with Gasteiger partial charge in [-0.25, -0.2) is 13.1 Å².